The quantitative estimate of drug-likeness (QED) is 0.692. The molecule has 2 N–H and O–H groups in total. The molecule has 0 fully saturated rings. The number of hydrogen-bond donors (Lipinski definition) is 2. The molecule has 0 saturated carbocycles. The standard InChI is InChI=1S/C12H10ClN5O2/c1-2-18-10-8(11(19)17-12(18)20)15-9(16-10)6-3-4-7(13)14-5-6/h3-5H,2H2,1H3,(H,15,16)(H,17,19,20). The number of pyridine rings is 1. The zero-order valence-electron chi connectivity index (χ0n) is 10.5. The van der Waals surface area contributed by atoms with Crippen LogP contribution in [0.4, 0.5) is 0 Å². The predicted octanol–water partition coefficient (Wildman–Crippen LogP) is 1.15. The number of fused-ring (bicyclic) bond motifs is 1. The minimum Gasteiger partial charge on any atom is -0.332 e. The summed E-state index contributed by atoms with van der Waals surface area (Å²) < 4.78 is 1.39. The second-order valence-electron chi connectivity index (χ2n) is 4.16. The third-order valence-electron chi connectivity index (χ3n) is 2.95. The zero-order valence-corrected chi connectivity index (χ0v) is 11.2. The fraction of sp³-hybridized carbons (Fsp3) is 0.167. The van der Waals surface area contributed by atoms with Gasteiger partial charge in [0, 0.05) is 18.3 Å². The minimum atomic E-state index is -0.490. The Balaban J connectivity index is 2.30. The van der Waals surface area contributed by atoms with E-state index in [-0.39, 0.29) is 5.52 Å². The number of halogens is 1. The molecule has 3 aromatic heterocycles. The van der Waals surface area contributed by atoms with Crippen LogP contribution in [0.2, 0.25) is 5.15 Å². The topological polar surface area (TPSA) is 96.4 Å². The van der Waals surface area contributed by atoms with Gasteiger partial charge in [-0.3, -0.25) is 14.3 Å². The Bertz CT molecular complexity index is 891. The normalized spacial score (nSPS) is 11.1. The third-order valence-corrected chi connectivity index (χ3v) is 3.17. The van der Waals surface area contributed by atoms with Crippen molar-refractivity contribution in [3.05, 3.63) is 44.3 Å². The molecule has 102 valence electrons. The van der Waals surface area contributed by atoms with Gasteiger partial charge in [0.05, 0.1) is 0 Å². The van der Waals surface area contributed by atoms with Gasteiger partial charge in [-0.25, -0.2) is 14.8 Å². The van der Waals surface area contributed by atoms with E-state index in [4.69, 9.17) is 11.6 Å². The van der Waals surface area contributed by atoms with Crippen LogP contribution in [0.1, 0.15) is 6.92 Å². The molecule has 0 amide bonds. The molecule has 0 bridgehead atoms. The van der Waals surface area contributed by atoms with Crippen molar-refractivity contribution in [1.82, 2.24) is 24.5 Å². The fourth-order valence-corrected chi connectivity index (χ4v) is 2.10. The first-order valence-electron chi connectivity index (χ1n) is 5.95. The van der Waals surface area contributed by atoms with Crippen molar-refractivity contribution in [3.63, 3.8) is 0 Å². The molecule has 8 heteroatoms. The molecule has 3 rings (SSSR count). The van der Waals surface area contributed by atoms with Crippen molar-refractivity contribution in [1.29, 1.82) is 0 Å². The van der Waals surface area contributed by atoms with Crippen LogP contribution >= 0.6 is 11.6 Å². The van der Waals surface area contributed by atoms with Crippen molar-refractivity contribution in [3.8, 4) is 11.4 Å². The number of aromatic nitrogens is 5. The third kappa shape index (κ3) is 1.92. The molecular weight excluding hydrogens is 282 g/mol. The Labute approximate surface area is 117 Å². The van der Waals surface area contributed by atoms with Crippen LogP contribution in [-0.4, -0.2) is 24.5 Å². The fourth-order valence-electron chi connectivity index (χ4n) is 1.99. The lowest BCUT2D eigenvalue weighted by molar-refractivity contribution is 0.720. The largest absolute Gasteiger partial charge is 0.332 e. The summed E-state index contributed by atoms with van der Waals surface area (Å²) >= 11 is 5.73. The summed E-state index contributed by atoms with van der Waals surface area (Å²) in [5.74, 6) is 0.461. The highest BCUT2D eigenvalue weighted by Gasteiger charge is 2.13. The van der Waals surface area contributed by atoms with Crippen LogP contribution < -0.4 is 11.2 Å². The first-order chi connectivity index (χ1) is 9.60. The highest BCUT2D eigenvalue weighted by Crippen LogP contribution is 2.18. The lowest BCUT2D eigenvalue weighted by Gasteiger charge is -1.99. The second kappa shape index (κ2) is 4.61. The summed E-state index contributed by atoms with van der Waals surface area (Å²) in [6.45, 7) is 2.21. The van der Waals surface area contributed by atoms with Gasteiger partial charge in [-0.15, -0.1) is 0 Å². The maximum atomic E-state index is 11.8. The van der Waals surface area contributed by atoms with E-state index in [0.717, 1.165) is 0 Å². The van der Waals surface area contributed by atoms with Gasteiger partial charge in [0.1, 0.15) is 16.5 Å². The number of H-pyrrole nitrogens is 2. The first-order valence-corrected chi connectivity index (χ1v) is 6.32. The number of imidazole rings is 1. The molecule has 0 radical (unpaired) electrons. The highest BCUT2D eigenvalue weighted by atomic mass is 35.5. The van der Waals surface area contributed by atoms with Gasteiger partial charge in [-0.1, -0.05) is 11.6 Å². The van der Waals surface area contributed by atoms with Crippen LogP contribution in [0.25, 0.3) is 22.6 Å². The van der Waals surface area contributed by atoms with E-state index in [1.54, 1.807) is 25.3 Å². The lowest BCUT2D eigenvalue weighted by atomic mass is 10.3. The molecule has 0 aliphatic heterocycles. The molecule has 0 saturated heterocycles. The SMILES string of the molecule is CCn1c(=O)[nH]c(=O)c2[nH]c(-c3ccc(Cl)nc3)nc21. The minimum absolute atomic E-state index is 0.261. The van der Waals surface area contributed by atoms with Crippen LogP contribution in [0.5, 0.6) is 0 Å². The average Bonchev–Trinajstić information content (AvgIpc) is 2.85. The van der Waals surface area contributed by atoms with Crippen LogP contribution in [0, 0.1) is 0 Å². The van der Waals surface area contributed by atoms with Crippen LogP contribution in [-0.2, 0) is 6.54 Å². The summed E-state index contributed by atoms with van der Waals surface area (Å²) in [6.07, 6.45) is 1.54. The molecule has 0 aliphatic rings. The van der Waals surface area contributed by atoms with Gasteiger partial charge in [-0.2, -0.15) is 0 Å². The van der Waals surface area contributed by atoms with E-state index in [2.05, 4.69) is 19.9 Å². The number of hydrogen-bond acceptors (Lipinski definition) is 4. The van der Waals surface area contributed by atoms with Crippen molar-refractivity contribution >= 4 is 22.8 Å². The molecular formula is C12H10ClN5O2. The van der Waals surface area contributed by atoms with E-state index < -0.39 is 11.2 Å². The lowest BCUT2D eigenvalue weighted by Crippen LogP contribution is -2.29. The second-order valence-corrected chi connectivity index (χ2v) is 4.54. The number of nitrogens with one attached hydrogen (secondary N) is 2. The molecule has 0 spiro atoms. The number of rotatable bonds is 2. The van der Waals surface area contributed by atoms with Crippen LogP contribution in [0.3, 0.4) is 0 Å². The molecule has 20 heavy (non-hydrogen) atoms. The summed E-state index contributed by atoms with van der Waals surface area (Å²) in [4.78, 5) is 36.9. The molecule has 0 atom stereocenters. The van der Waals surface area contributed by atoms with E-state index in [1.807, 2.05) is 0 Å². The smallest absolute Gasteiger partial charge is 0.330 e. The number of aryl methyl sites for hydroxylation is 1. The summed E-state index contributed by atoms with van der Waals surface area (Å²) in [5, 5.41) is 0.369. The van der Waals surface area contributed by atoms with Crippen LogP contribution in [0.15, 0.2) is 27.9 Å². The monoisotopic (exact) mass is 291 g/mol. The molecule has 3 aromatic rings. The maximum Gasteiger partial charge on any atom is 0.330 e. The summed E-state index contributed by atoms with van der Waals surface area (Å²) in [6, 6.07) is 3.36. The maximum absolute atomic E-state index is 11.8. The van der Waals surface area contributed by atoms with Gasteiger partial charge in [0.2, 0.25) is 0 Å². The van der Waals surface area contributed by atoms with Crippen molar-refractivity contribution in [2.24, 2.45) is 0 Å². The van der Waals surface area contributed by atoms with E-state index in [1.165, 1.54) is 4.57 Å². The summed E-state index contributed by atoms with van der Waals surface area (Å²) in [5.41, 5.74) is 0.301. The average molecular weight is 292 g/mol. The molecule has 0 aromatic carbocycles. The van der Waals surface area contributed by atoms with Crippen molar-refractivity contribution in [2.45, 2.75) is 13.5 Å². The first kappa shape index (κ1) is 12.6. The van der Waals surface area contributed by atoms with Gasteiger partial charge in [-0.05, 0) is 19.1 Å². The van der Waals surface area contributed by atoms with Gasteiger partial charge in [0.15, 0.2) is 5.65 Å². The summed E-state index contributed by atoms with van der Waals surface area (Å²) in [7, 11) is 0. The molecule has 0 unspecified atom stereocenters. The van der Waals surface area contributed by atoms with Gasteiger partial charge >= 0.3 is 5.69 Å². The predicted molar refractivity (Wildman–Crippen MR) is 74.9 cm³/mol. The van der Waals surface area contributed by atoms with Gasteiger partial charge in [0.25, 0.3) is 5.56 Å². The highest BCUT2D eigenvalue weighted by molar-refractivity contribution is 6.29. The number of aromatic amines is 2. The van der Waals surface area contributed by atoms with Crippen molar-refractivity contribution < 1.29 is 0 Å². The molecule has 3 heterocycles. The Morgan fingerprint density at radius 1 is 1.30 bits per heavy atom. The Hall–Kier alpha value is -2.41. The van der Waals surface area contributed by atoms with E-state index >= 15 is 0 Å². The molecule has 7 nitrogen and oxygen atoms in total. The van der Waals surface area contributed by atoms with E-state index in [9.17, 15) is 9.59 Å². The Morgan fingerprint density at radius 3 is 2.75 bits per heavy atom. The zero-order chi connectivity index (χ0) is 14.3. The van der Waals surface area contributed by atoms with Crippen molar-refractivity contribution in [2.75, 3.05) is 0 Å². The molecule has 0 aliphatic carbocycles. The number of nitrogens with zero attached hydrogens (tertiary/aromatic N) is 3. The Kier molecular flexibility index (Phi) is 2.90. The van der Waals surface area contributed by atoms with Gasteiger partial charge < -0.3 is 4.98 Å². The Morgan fingerprint density at radius 2 is 2.10 bits per heavy atom. The van der Waals surface area contributed by atoms with E-state index in [0.29, 0.717) is 28.7 Å².